The molecule has 0 spiro atoms. The molecule has 0 radical (unpaired) electrons. The standard InChI is InChI=1S/C21H22FN3O3S/c1-15(21(26)19-14-23-20-5-3-2-4-18(19)20)24-10-12-25(13-11-24)29(27,28)17-8-6-16(22)7-9-17/h2-9,14-15,23H,10-13H2,1H3/p+1/t15-/m1/s1. The van der Waals surface area contributed by atoms with E-state index in [1.54, 1.807) is 6.20 Å². The lowest BCUT2D eigenvalue weighted by molar-refractivity contribution is -0.917. The number of para-hydroxylation sites is 1. The highest BCUT2D eigenvalue weighted by Gasteiger charge is 2.35. The number of nitrogens with one attached hydrogen (secondary N) is 2. The zero-order valence-corrected chi connectivity index (χ0v) is 16.9. The van der Waals surface area contributed by atoms with Crippen molar-refractivity contribution in [3.8, 4) is 0 Å². The highest BCUT2D eigenvalue weighted by atomic mass is 32.2. The quantitative estimate of drug-likeness (QED) is 0.619. The van der Waals surface area contributed by atoms with Crippen molar-refractivity contribution >= 4 is 26.7 Å². The Hall–Kier alpha value is -2.55. The summed E-state index contributed by atoms with van der Waals surface area (Å²) in [5.74, 6) is -0.421. The molecule has 1 fully saturated rings. The zero-order valence-electron chi connectivity index (χ0n) is 16.1. The molecule has 8 heteroatoms. The van der Waals surface area contributed by atoms with E-state index < -0.39 is 15.8 Å². The maximum absolute atomic E-state index is 13.1. The number of carbonyl (C=O) groups is 1. The van der Waals surface area contributed by atoms with Crippen molar-refractivity contribution in [2.24, 2.45) is 0 Å². The van der Waals surface area contributed by atoms with Crippen molar-refractivity contribution in [3.05, 3.63) is 66.1 Å². The number of sulfonamides is 1. The van der Waals surface area contributed by atoms with Crippen LogP contribution < -0.4 is 4.90 Å². The molecule has 4 rings (SSSR count). The monoisotopic (exact) mass is 416 g/mol. The van der Waals surface area contributed by atoms with Gasteiger partial charge in [-0.25, -0.2) is 12.8 Å². The summed E-state index contributed by atoms with van der Waals surface area (Å²) < 4.78 is 40.0. The molecule has 1 atom stereocenters. The molecule has 152 valence electrons. The fraction of sp³-hybridized carbons (Fsp3) is 0.286. The van der Waals surface area contributed by atoms with Gasteiger partial charge in [-0.15, -0.1) is 0 Å². The van der Waals surface area contributed by atoms with E-state index in [1.165, 1.54) is 16.4 Å². The van der Waals surface area contributed by atoms with Crippen molar-refractivity contribution in [1.82, 2.24) is 9.29 Å². The lowest BCUT2D eigenvalue weighted by Crippen LogP contribution is -3.18. The van der Waals surface area contributed by atoms with Gasteiger partial charge < -0.3 is 9.88 Å². The Morgan fingerprint density at radius 2 is 1.76 bits per heavy atom. The van der Waals surface area contributed by atoms with Gasteiger partial charge in [0, 0.05) is 22.7 Å². The molecular formula is C21H23FN3O3S+. The number of fused-ring (bicyclic) bond motifs is 1. The maximum Gasteiger partial charge on any atom is 0.243 e. The number of halogens is 1. The second-order valence-corrected chi connectivity index (χ2v) is 9.29. The highest BCUT2D eigenvalue weighted by Crippen LogP contribution is 2.19. The smallest absolute Gasteiger partial charge is 0.243 e. The maximum atomic E-state index is 13.1. The number of aromatic amines is 1. The molecule has 6 nitrogen and oxygen atoms in total. The molecule has 1 aliphatic heterocycles. The Kier molecular flexibility index (Phi) is 5.24. The van der Waals surface area contributed by atoms with Gasteiger partial charge in [-0.3, -0.25) is 4.79 Å². The third-order valence-corrected chi connectivity index (χ3v) is 7.59. The average Bonchev–Trinajstić information content (AvgIpc) is 3.17. The van der Waals surface area contributed by atoms with E-state index in [0.717, 1.165) is 27.9 Å². The number of nitrogens with zero attached hydrogens (tertiary/aromatic N) is 1. The minimum Gasteiger partial charge on any atom is -0.360 e. The molecule has 29 heavy (non-hydrogen) atoms. The van der Waals surface area contributed by atoms with E-state index in [4.69, 9.17) is 0 Å². The molecule has 0 bridgehead atoms. The van der Waals surface area contributed by atoms with Crippen molar-refractivity contribution in [1.29, 1.82) is 0 Å². The number of ketones is 1. The van der Waals surface area contributed by atoms with Crippen LogP contribution in [0, 0.1) is 5.82 Å². The van der Waals surface area contributed by atoms with E-state index in [-0.39, 0.29) is 16.7 Å². The fourth-order valence-corrected chi connectivity index (χ4v) is 5.34. The SMILES string of the molecule is C[C@H](C(=O)c1c[nH]c2ccccc12)[NH+]1CCN(S(=O)(=O)c2ccc(F)cc2)CC1. The van der Waals surface area contributed by atoms with Crippen LogP contribution in [0.1, 0.15) is 17.3 Å². The predicted octanol–water partition coefficient (Wildman–Crippen LogP) is 1.47. The molecule has 2 N–H and O–H groups in total. The predicted molar refractivity (Wildman–Crippen MR) is 108 cm³/mol. The largest absolute Gasteiger partial charge is 0.360 e. The summed E-state index contributed by atoms with van der Waals surface area (Å²) in [6, 6.07) is 12.3. The van der Waals surface area contributed by atoms with Gasteiger partial charge in [-0.05, 0) is 37.3 Å². The van der Waals surface area contributed by atoms with Gasteiger partial charge in [-0.2, -0.15) is 4.31 Å². The van der Waals surface area contributed by atoms with E-state index >= 15 is 0 Å². The third-order valence-electron chi connectivity index (χ3n) is 5.68. The molecule has 1 saturated heterocycles. The lowest BCUT2D eigenvalue weighted by Gasteiger charge is -2.34. The summed E-state index contributed by atoms with van der Waals surface area (Å²) in [7, 11) is -3.66. The molecule has 2 aromatic carbocycles. The van der Waals surface area contributed by atoms with Crippen molar-refractivity contribution in [2.75, 3.05) is 26.2 Å². The fourth-order valence-electron chi connectivity index (χ4n) is 3.90. The second-order valence-electron chi connectivity index (χ2n) is 7.35. The Balaban J connectivity index is 1.45. The number of benzene rings is 2. The van der Waals surface area contributed by atoms with Crippen LogP contribution in [0.3, 0.4) is 0 Å². The Morgan fingerprint density at radius 1 is 1.10 bits per heavy atom. The number of Topliss-reactive ketones (excluding diaryl/α,β-unsaturated/α-hetero) is 1. The summed E-state index contributed by atoms with van der Waals surface area (Å²) in [5.41, 5.74) is 1.59. The van der Waals surface area contributed by atoms with Gasteiger partial charge >= 0.3 is 0 Å². The summed E-state index contributed by atoms with van der Waals surface area (Å²) >= 11 is 0. The van der Waals surface area contributed by atoms with Gasteiger partial charge in [0.05, 0.1) is 31.1 Å². The van der Waals surface area contributed by atoms with Gasteiger partial charge in [0.25, 0.3) is 0 Å². The van der Waals surface area contributed by atoms with Crippen molar-refractivity contribution < 1.29 is 22.5 Å². The first-order valence-corrected chi connectivity index (χ1v) is 11.0. The minimum absolute atomic E-state index is 0.0484. The van der Waals surface area contributed by atoms with Crippen LogP contribution >= 0.6 is 0 Å². The summed E-state index contributed by atoms with van der Waals surface area (Å²) in [6.07, 6.45) is 1.75. The number of aromatic nitrogens is 1. The topological polar surface area (TPSA) is 74.7 Å². The van der Waals surface area contributed by atoms with Gasteiger partial charge in [0.1, 0.15) is 11.9 Å². The Morgan fingerprint density at radius 3 is 2.45 bits per heavy atom. The molecule has 0 unspecified atom stereocenters. The van der Waals surface area contributed by atoms with Gasteiger partial charge in [0.15, 0.2) is 0 Å². The van der Waals surface area contributed by atoms with Crippen LogP contribution in [0.2, 0.25) is 0 Å². The molecule has 1 aliphatic rings. The van der Waals surface area contributed by atoms with Crippen LogP contribution in [0.15, 0.2) is 59.6 Å². The van der Waals surface area contributed by atoms with Crippen LogP contribution in [0.4, 0.5) is 4.39 Å². The van der Waals surface area contributed by atoms with Crippen molar-refractivity contribution in [3.63, 3.8) is 0 Å². The average molecular weight is 416 g/mol. The zero-order chi connectivity index (χ0) is 20.6. The summed E-state index contributed by atoms with van der Waals surface area (Å²) in [5, 5.41) is 0.904. The molecule has 2 heterocycles. The van der Waals surface area contributed by atoms with Crippen LogP contribution in [-0.2, 0) is 10.0 Å². The summed E-state index contributed by atoms with van der Waals surface area (Å²) in [4.78, 5) is 17.3. The van der Waals surface area contributed by atoms with Crippen LogP contribution in [0.5, 0.6) is 0 Å². The van der Waals surface area contributed by atoms with E-state index in [1.807, 2.05) is 31.2 Å². The number of hydrogen-bond acceptors (Lipinski definition) is 3. The first-order valence-electron chi connectivity index (χ1n) is 9.58. The number of rotatable bonds is 5. The molecule has 3 aromatic rings. The minimum atomic E-state index is -3.66. The summed E-state index contributed by atoms with van der Waals surface area (Å²) in [6.45, 7) is 3.61. The normalized spacial score (nSPS) is 17.4. The van der Waals surface area contributed by atoms with Crippen molar-refractivity contribution in [2.45, 2.75) is 17.9 Å². The first kappa shape index (κ1) is 19.8. The van der Waals surface area contributed by atoms with Gasteiger partial charge in [-0.1, -0.05) is 18.2 Å². The molecule has 0 amide bonds. The number of H-pyrrole nitrogens is 1. The number of hydrogen-bond donors (Lipinski definition) is 2. The molecule has 0 saturated carbocycles. The van der Waals surface area contributed by atoms with Gasteiger partial charge in [0.2, 0.25) is 15.8 Å². The van der Waals surface area contributed by atoms with Crippen LogP contribution in [0.25, 0.3) is 10.9 Å². The van der Waals surface area contributed by atoms with E-state index in [0.29, 0.717) is 31.7 Å². The first-order chi connectivity index (χ1) is 13.9. The number of carbonyl (C=O) groups excluding carboxylic acids is 1. The lowest BCUT2D eigenvalue weighted by atomic mass is 10.0. The van der Waals surface area contributed by atoms with E-state index in [9.17, 15) is 17.6 Å². The highest BCUT2D eigenvalue weighted by molar-refractivity contribution is 7.89. The number of quaternary nitrogens is 1. The Bertz CT molecular complexity index is 1130. The Labute approximate surface area is 169 Å². The van der Waals surface area contributed by atoms with E-state index in [2.05, 4.69) is 4.98 Å². The van der Waals surface area contributed by atoms with Crippen LogP contribution in [-0.4, -0.2) is 55.7 Å². The molecule has 1 aromatic heterocycles. The third kappa shape index (κ3) is 3.71. The molecule has 0 aliphatic carbocycles. The molecular weight excluding hydrogens is 393 g/mol. The second kappa shape index (κ2) is 7.70. The number of piperazine rings is 1.